The van der Waals surface area contributed by atoms with Crippen LogP contribution in [0.25, 0.3) is 11.1 Å². The molecule has 0 bridgehead atoms. The SMILES string of the molecule is O=C1NC(=O)[C@H](CN(c2ccc(-c3ccc(F)cc3)cc2)S(=O)[O-])N1. The lowest BCUT2D eigenvalue weighted by molar-refractivity contribution is -0.119. The third-order valence-corrected chi connectivity index (χ3v) is 4.44. The van der Waals surface area contributed by atoms with Gasteiger partial charge in [0.1, 0.15) is 11.9 Å². The number of nitrogens with one attached hydrogen (secondary N) is 2. The average molecular weight is 362 g/mol. The highest BCUT2D eigenvalue weighted by molar-refractivity contribution is 7.80. The first-order chi connectivity index (χ1) is 11.9. The molecule has 7 nitrogen and oxygen atoms in total. The van der Waals surface area contributed by atoms with Crippen molar-refractivity contribution in [3.05, 3.63) is 54.3 Å². The van der Waals surface area contributed by atoms with E-state index >= 15 is 0 Å². The Labute approximate surface area is 145 Å². The van der Waals surface area contributed by atoms with Crippen LogP contribution in [-0.4, -0.2) is 33.3 Å². The van der Waals surface area contributed by atoms with Gasteiger partial charge in [0.25, 0.3) is 5.91 Å². The second-order valence-electron chi connectivity index (χ2n) is 5.35. The fourth-order valence-electron chi connectivity index (χ4n) is 2.47. The summed E-state index contributed by atoms with van der Waals surface area (Å²) in [4.78, 5) is 22.7. The van der Waals surface area contributed by atoms with Gasteiger partial charge in [-0.1, -0.05) is 24.3 Å². The molecule has 25 heavy (non-hydrogen) atoms. The molecule has 0 aliphatic carbocycles. The van der Waals surface area contributed by atoms with Crippen LogP contribution < -0.4 is 14.9 Å². The van der Waals surface area contributed by atoms with E-state index in [2.05, 4.69) is 10.6 Å². The third-order valence-electron chi connectivity index (χ3n) is 3.72. The maximum absolute atomic E-state index is 13.0. The number of hydrogen-bond donors (Lipinski definition) is 2. The molecule has 2 N–H and O–H groups in total. The summed E-state index contributed by atoms with van der Waals surface area (Å²) < 4.78 is 37.0. The lowest BCUT2D eigenvalue weighted by Gasteiger charge is -2.28. The van der Waals surface area contributed by atoms with Gasteiger partial charge in [-0.05, 0) is 35.4 Å². The van der Waals surface area contributed by atoms with Gasteiger partial charge in [-0.3, -0.25) is 14.3 Å². The Morgan fingerprint density at radius 3 is 2.08 bits per heavy atom. The summed E-state index contributed by atoms with van der Waals surface area (Å²) in [5.41, 5.74) is 1.91. The van der Waals surface area contributed by atoms with E-state index in [-0.39, 0.29) is 12.4 Å². The molecule has 1 aliphatic rings. The quantitative estimate of drug-likeness (QED) is 0.618. The molecule has 1 fully saturated rings. The minimum Gasteiger partial charge on any atom is -0.755 e. The molecule has 0 radical (unpaired) electrons. The van der Waals surface area contributed by atoms with E-state index < -0.39 is 29.2 Å². The van der Waals surface area contributed by atoms with Crippen LogP contribution in [0.3, 0.4) is 0 Å². The predicted molar refractivity (Wildman–Crippen MR) is 88.6 cm³/mol. The Kier molecular flexibility index (Phi) is 4.77. The van der Waals surface area contributed by atoms with E-state index in [0.717, 1.165) is 15.4 Å². The minimum atomic E-state index is -2.63. The van der Waals surface area contributed by atoms with Crippen molar-refractivity contribution in [2.24, 2.45) is 0 Å². The zero-order valence-corrected chi connectivity index (χ0v) is 13.6. The Morgan fingerprint density at radius 2 is 1.60 bits per heavy atom. The normalized spacial score (nSPS) is 17.8. The molecule has 3 rings (SSSR count). The van der Waals surface area contributed by atoms with Crippen molar-refractivity contribution in [2.45, 2.75) is 6.04 Å². The van der Waals surface area contributed by atoms with Gasteiger partial charge in [0.15, 0.2) is 0 Å². The molecule has 2 atom stereocenters. The number of amides is 3. The maximum atomic E-state index is 13.0. The van der Waals surface area contributed by atoms with E-state index in [1.54, 1.807) is 36.4 Å². The van der Waals surface area contributed by atoms with Crippen LogP contribution in [0.4, 0.5) is 14.9 Å². The Hall–Kier alpha value is -2.78. The highest BCUT2D eigenvalue weighted by Crippen LogP contribution is 2.24. The molecule has 0 aromatic heterocycles. The first-order valence-corrected chi connectivity index (χ1v) is 8.31. The average Bonchev–Trinajstić information content (AvgIpc) is 2.91. The number of nitrogens with zero attached hydrogens (tertiary/aromatic N) is 1. The monoisotopic (exact) mass is 362 g/mol. The van der Waals surface area contributed by atoms with Crippen LogP contribution in [0.15, 0.2) is 48.5 Å². The first-order valence-electron chi connectivity index (χ1n) is 7.28. The van der Waals surface area contributed by atoms with E-state index in [0.29, 0.717) is 5.69 Å². The molecule has 1 heterocycles. The molecule has 9 heteroatoms. The molecular weight excluding hydrogens is 349 g/mol. The number of imide groups is 1. The van der Waals surface area contributed by atoms with Crippen LogP contribution in [0.1, 0.15) is 0 Å². The summed E-state index contributed by atoms with van der Waals surface area (Å²) >= 11 is -2.63. The summed E-state index contributed by atoms with van der Waals surface area (Å²) in [7, 11) is 0. The molecule has 1 unspecified atom stereocenters. The van der Waals surface area contributed by atoms with Crippen LogP contribution in [0.2, 0.25) is 0 Å². The van der Waals surface area contributed by atoms with Crippen LogP contribution in [-0.2, 0) is 16.1 Å². The summed E-state index contributed by atoms with van der Waals surface area (Å²) in [6, 6.07) is 10.8. The van der Waals surface area contributed by atoms with E-state index in [4.69, 9.17) is 0 Å². The van der Waals surface area contributed by atoms with Gasteiger partial charge in [0, 0.05) is 17.0 Å². The van der Waals surface area contributed by atoms with Crippen LogP contribution in [0.5, 0.6) is 0 Å². The Morgan fingerprint density at radius 1 is 1.04 bits per heavy atom. The lowest BCUT2D eigenvalue weighted by atomic mass is 10.1. The van der Waals surface area contributed by atoms with Gasteiger partial charge in [-0.25, -0.2) is 9.18 Å². The topological polar surface area (TPSA) is 102 Å². The highest BCUT2D eigenvalue weighted by Gasteiger charge is 2.31. The van der Waals surface area contributed by atoms with Gasteiger partial charge < -0.3 is 14.2 Å². The van der Waals surface area contributed by atoms with Crippen molar-refractivity contribution in [1.82, 2.24) is 10.6 Å². The van der Waals surface area contributed by atoms with Crippen molar-refractivity contribution in [3.63, 3.8) is 0 Å². The van der Waals surface area contributed by atoms with Crippen molar-refractivity contribution < 1.29 is 22.7 Å². The molecule has 2 aromatic carbocycles. The number of urea groups is 1. The molecule has 0 saturated carbocycles. The summed E-state index contributed by atoms with van der Waals surface area (Å²) in [5, 5.41) is 4.40. The zero-order chi connectivity index (χ0) is 18.0. The largest absolute Gasteiger partial charge is 0.755 e. The van der Waals surface area contributed by atoms with E-state index in [1.165, 1.54) is 12.1 Å². The smallest absolute Gasteiger partial charge is 0.322 e. The van der Waals surface area contributed by atoms with Crippen molar-refractivity contribution in [1.29, 1.82) is 0 Å². The third kappa shape index (κ3) is 3.83. The lowest BCUT2D eigenvalue weighted by Crippen LogP contribution is -2.42. The van der Waals surface area contributed by atoms with Crippen molar-refractivity contribution in [2.75, 3.05) is 10.8 Å². The molecule has 2 aromatic rings. The summed E-state index contributed by atoms with van der Waals surface area (Å²) in [5.74, 6) is -0.923. The van der Waals surface area contributed by atoms with E-state index in [9.17, 15) is 22.7 Å². The standard InChI is InChI=1S/C16H14FN3O4S/c17-12-5-1-10(2-6-12)11-3-7-13(8-4-11)20(25(23)24)9-14-15(21)19-16(22)18-14/h1-8,14H,9H2,(H,23,24)(H2,18,19,21,22)/p-1/t14-/m0/s1. The minimum absolute atomic E-state index is 0.219. The fourth-order valence-corrected chi connectivity index (χ4v) is 3.03. The van der Waals surface area contributed by atoms with Gasteiger partial charge in [-0.15, -0.1) is 0 Å². The predicted octanol–water partition coefficient (Wildman–Crippen LogP) is 1.30. The first kappa shape index (κ1) is 17.1. The van der Waals surface area contributed by atoms with Gasteiger partial charge in [-0.2, -0.15) is 0 Å². The highest BCUT2D eigenvalue weighted by atomic mass is 32.2. The number of carbonyl (C=O) groups excluding carboxylic acids is 2. The van der Waals surface area contributed by atoms with Gasteiger partial charge in [0.2, 0.25) is 0 Å². The number of carbonyl (C=O) groups is 2. The summed E-state index contributed by atoms with van der Waals surface area (Å²) in [6.45, 7) is -0.219. The van der Waals surface area contributed by atoms with Crippen molar-refractivity contribution >= 4 is 28.9 Å². The molecule has 130 valence electrons. The summed E-state index contributed by atoms with van der Waals surface area (Å²) in [6.07, 6.45) is 0. The maximum Gasteiger partial charge on any atom is 0.322 e. The fraction of sp³-hybridized carbons (Fsp3) is 0.125. The second-order valence-corrected chi connectivity index (χ2v) is 6.22. The number of rotatable bonds is 5. The molecule has 0 spiro atoms. The molecular formula is C16H13FN3O4S-. The second kappa shape index (κ2) is 6.99. The number of hydrogen-bond acceptors (Lipinski definition) is 4. The molecule has 1 aliphatic heterocycles. The molecule has 3 amide bonds. The number of halogens is 1. The Bertz CT molecular complexity index is 826. The van der Waals surface area contributed by atoms with Crippen LogP contribution >= 0.6 is 0 Å². The Balaban J connectivity index is 1.80. The van der Waals surface area contributed by atoms with Crippen molar-refractivity contribution in [3.8, 4) is 11.1 Å². The van der Waals surface area contributed by atoms with Gasteiger partial charge in [0.05, 0.1) is 6.54 Å². The number of anilines is 1. The number of benzene rings is 2. The van der Waals surface area contributed by atoms with Crippen LogP contribution in [0, 0.1) is 5.82 Å². The van der Waals surface area contributed by atoms with Gasteiger partial charge >= 0.3 is 6.03 Å². The zero-order valence-electron chi connectivity index (χ0n) is 12.8. The molecule has 1 saturated heterocycles. The van der Waals surface area contributed by atoms with E-state index in [1.807, 2.05) is 0 Å².